The van der Waals surface area contributed by atoms with Crippen LogP contribution in [0.2, 0.25) is 0 Å². The Bertz CT molecular complexity index is 1960. The number of rotatable bonds is 62. The summed E-state index contributed by atoms with van der Waals surface area (Å²) >= 11 is 0. The van der Waals surface area contributed by atoms with E-state index in [0.717, 1.165) is 128 Å². The molecule has 490 valence electrons. The number of allylic oxidation sites excluding steroid dienone is 24. The highest BCUT2D eigenvalue weighted by Crippen LogP contribution is 2.38. The maximum atomic E-state index is 12.9. The summed E-state index contributed by atoms with van der Waals surface area (Å²) in [4.78, 5) is 38.0. The SMILES string of the molecule is CC/C=C\C/C=C\C/C=C\C/C=C\C/C=C\C/C=C\C/C=C\C/C=C\CCCCCCCCCCCCCCCCCCC(=O)OC(COC(=O)CCCCCCCCCC/C=C\C/C=C\C/C=C\C/C=C\CC)COP(=O)([O-])OCC[N+](C)(C)C. The summed E-state index contributed by atoms with van der Waals surface area (Å²) in [6, 6.07) is 0. The second-order valence-corrected chi connectivity index (χ2v) is 25.2. The van der Waals surface area contributed by atoms with Gasteiger partial charge < -0.3 is 27.9 Å². The van der Waals surface area contributed by atoms with Gasteiger partial charge in [-0.1, -0.05) is 288 Å². The molecule has 0 heterocycles. The van der Waals surface area contributed by atoms with Crippen LogP contribution in [-0.4, -0.2) is 70.0 Å². The number of unbranched alkanes of at least 4 members (excludes halogenated alkanes) is 24. The largest absolute Gasteiger partial charge is 0.756 e. The number of hydrogen-bond donors (Lipinski definition) is 0. The molecule has 0 aliphatic rings. The number of phosphoric ester groups is 1. The van der Waals surface area contributed by atoms with Crippen LogP contribution in [0.4, 0.5) is 0 Å². The summed E-state index contributed by atoms with van der Waals surface area (Å²) in [7, 11) is 1.15. The lowest BCUT2D eigenvalue weighted by atomic mass is 10.0. The third kappa shape index (κ3) is 69.0. The molecule has 0 fully saturated rings. The summed E-state index contributed by atoms with van der Waals surface area (Å²) < 4.78 is 34.3. The lowest BCUT2D eigenvalue weighted by Crippen LogP contribution is -2.37. The number of likely N-dealkylation sites (N-methyl/N-ethyl adjacent to an activating group) is 1. The molecule has 0 saturated heterocycles. The maximum Gasteiger partial charge on any atom is 0.306 e. The van der Waals surface area contributed by atoms with Crippen LogP contribution in [0.25, 0.3) is 0 Å². The lowest BCUT2D eigenvalue weighted by molar-refractivity contribution is -0.870. The van der Waals surface area contributed by atoms with Gasteiger partial charge in [-0.25, -0.2) is 0 Å². The third-order valence-corrected chi connectivity index (χ3v) is 15.3. The fraction of sp³-hybridized carbons (Fsp3) is 0.658. The van der Waals surface area contributed by atoms with Crippen LogP contribution in [0.3, 0.4) is 0 Å². The van der Waals surface area contributed by atoms with Gasteiger partial charge in [0, 0.05) is 12.8 Å². The number of carbonyl (C=O) groups excluding carboxylic acids is 2. The van der Waals surface area contributed by atoms with Gasteiger partial charge in [0.25, 0.3) is 7.82 Å². The van der Waals surface area contributed by atoms with Crippen molar-refractivity contribution < 1.29 is 42.1 Å². The molecule has 0 amide bonds. The molecule has 0 N–H and O–H groups in total. The number of carbonyl (C=O) groups is 2. The number of ether oxygens (including phenoxy) is 2. The van der Waals surface area contributed by atoms with Gasteiger partial charge in [-0.2, -0.15) is 0 Å². The molecule has 0 aromatic carbocycles. The Morgan fingerprint density at radius 2 is 0.628 bits per heavy atom. The van der Waals surface area contributed by atoms with Crippen molar-refractivity contribution in [3.63, 3.8) is 0 Å². The highest BCUT2D eigenvalue weighted by atomic mass is 31.2. The fourth-order valence-electron chi connectivity index (χ4n) is 9.14. The van der Waals surface area contributed by atoms with Crippen LogP contribution in [-0.2, 0) is 32.7 Å². The van der Waals surface area contributed by atoms with Crippen molar-refractivity contribution in [2.75, 3.05) is 47.5 Å². The van der Waals surface area contributed by atoms with Crippen LogP contribution in [0.15, 0.2) is 146 Å². The molecule has 86 heavy (non-hydrogen) atoms. The molecule has 9 nitrogen and oxygen atoms in total. The van der Waals surface area contributed by atoms with E-state index in [4.69, 9.17) is 18.5 Å². The molecular weight excluding hydrogens is 1090 g/mol. The van der Waals surface area contributed by atoms with E-state index in [-0.39, 0.29) is 26.1 Å². The fourth-order valence-corrected chi connectivity index (χ4v) is 9.86. The third-order valence-electron chi connectivity index (χ3n) is 14.4. The first-order chi connectivity index (χ1) is 42.0. The van der Waals surface area contributed by atoms with E-state index in [9.17, 15) is 19.0 Å². The Morgan fingerprint density at radius 3 is 0.930 bits per heavy atom. The Morgan fingerprint density at radius 1 is 0.360 bits per heavy atom. The van der Waals surface area contributed by atoms with E-state index in [1.54, 1.807) is 0 Å². The highest BCUT2D eigenvalue weighted by molar-refractivity contribution is 7.45. The van der Waals surface area contributed by atoms with Crippen LogP contribution in [0.5, 0.6) is 0 Å². The minimum absolute atomic E-state index is 0.0377. The zero-order valence-electron chi connectivity index (χ0n) is 55.7. The number of esters is 2. The van der Waals surface area contributed by atoms with E-state index in [2.05, 4.69) is 160 Å². The highest BCUT2D eigenvalue weighted by Gasteiger charge is 2.22. The predicted molar refractivity (Wildman–Crippen MR) is 369 cm³/mol. The first kappa shape index (κ1) is 81.9. The zero-order valence-corrected chi connectivity index (χ0v) is 56.6. The van der Waals surface area contributed by atoms with Crippen LogP contribution in [0, 0.1) is 0 Å². The second-order valence-electron chi connectivity index (χ2n) is 23.8. The quantitative estimate of drug-likeness (QED) is 0.0195. The van der Waals surface area contributed by atoms with Crippen molar-refractivity contribution in [2.45, 2.75) is 277 Å². The zero-order chi connectivity index (χ0) is 62.6. The van der Waals surface area contributed by atoms with Crippen molar-refractivity contribution in [1.82, 2.24) is 0 Å². The first-order valence-electron chi connectivity index (χ1n) is 34.5. The summed E-state index contributed by atoms with van der Waals surface area (Å²) in [6.07, 6.45) is 96.4. The van der Waals surface area contributed by atoms with Crippen LogP contribution in [0.1, 0.15) is 271 Å². The van der Waals surface area contributed by atoms with Gasteiger partial charge >= 0.3 is 11.9 Å². The van der Waals surface area contributed by atoms with Crippen LogP contribution >= 0.6 is 7.82 Å². The predicted octanol–water partition coefficient (Wildman–Crippen LogP) is 22.0. The van der Waals surface area contributed by atoms with Gasteiger partial charge in [0.15, 0.2) is 6.10 Å². The van der Waals surface area contributed by atoms with Crippen molar-refractivity contribution >= 4 is 19.8 Å². The Labute approximate surface area is 529 Å². The van der Waals surface area contributed by atoms with Gasteiger partial charge in [-0.3, -0.25) is 14.2 Å². The van der Waals surface area contributed by atoms with Gasteiger partial charge in [0.2, 0.25) is 0 Å². The minimum atomic E-state index is -4.65. The molecular formula is C76H128NO8P. The lowest BCUT2D eigenvalue weighted by Gasteiger charge is -2.28. The molecule has 0 bridgehead atoms. The van der Waals surface area contributed by atoms with E-state index in [1.165, 1.54) is 109 Å². The van der Waals surface area contributed by atoms with Crippen molar-refractivity contribution in [3.05, 3.63) is 146 Å². The minimum Gasteiger partial charge on any atom is -0.756 e. The molecule has 0 radical (unpaired) electrons. The molecule has 0 aromatic rings. The van der Waals surface area contributed by atoms with Crippen molar-refractivity contribution in [2.24, 2.45) is 0 Å². The summed E-state index contributed by atoms with van der Waals surface area (Å²) in [6.45, 7) is 4.01. The van der Waals surface area contributed by atoms with Crippen molar-refractivity contribution in [3.8, 4) is 0 Å². The van der Waals surface area contributed by atoms with E-state index in [1.807, 2.05) is 21.1 Å². The van der Waals surface area contributed by atoms with E-state index >= 15 is 0 Å². The summed E-state index contributed by atoms with van der Waals surface area (Å²) in [5.74, 6) is -0.844. The smallest absolute Gasteiger partial charge is 0.306 e. The standard InChI is InChI=1S/C76H128NO8P/c1-6-8-10-12-14-16-18-20-22-24-26-28-29-30-31-32-33-34-35-36-37-38-39-40-41-42-43-44-45-46-47-49-51-53-55-57-59-61-63-65-67-69-76(79)85-74(73-84-86(80,81)83-71-70-77(3,4)5)72-82-75(78)68-66-64-62-60-58-56-54-52-50-48-27-25-23-21-19-17-15-13-11-9-7-2/h8-11,14-17,20-23,26-28,30-31,33-34,36-37,39-40,48,74H,6-7,12-13,18-19,24-25,29,32,35,38,41-47,49-73H2,1-5H3/b10-8-,11-9-,16-14-,17-15-,22-20-,23-21-,28-26-,31-30-,34-33-,37-36-,40-39-,48-27-. The average Bonchev–Trinajstić information content (AvgIpc) is 3.70. The first-order valence-corrected chi connectivity index (χ1v) is 36.0. The van der Waals surface area contributed by atoms with Gasteiger partial charge in [0.05, 0.1) is 27.7 Å². The molecule has 0 aromatic heterocycles. The molecule has 0 spiro atoms. The van der Waals surface area contributed by atoms with Crippen molar-refractivity contribution in [1.29, 1.82) is 0 Å². The van der Waals surface area contributed by atoms with E-state index in [0.29, 0.717) is 17.4 Å². The maximum absolute atomic E-state index is 12.9. The molecule has 2 unspecified atom stereocenters. The molecule has 2 atom stereocenters. The molecule has 10 heteroatoms. The molecule has 0 aliphatic carbocycles. The Hall–Kier alpha value is -4.11. The van der Waals surface area contributed by atoms with E-state index < -0.39 is 32.5 Å². The summed E-state index contributed by atoms with van der Waals surface area (Å²) in [5.41, 5.74) is 0. The number of hydrogen-bond acceptors (Lipinski definition) is 8. The monoisotopic (exact) mass is 1210 g/mol. The van der Waals surface area contributed by atoms with Gasteiger partial charge in [-0.05, 0) is 116 Å². The summed E-state index contributed by atoms with van der Waals surface area (Å²) in [5, 5.41) is 0. The Kier molecular flexibility index (Phi) is 62.2. The van der Waals surface area contributed by atoms with Gasteiger partial charge in [0.1, 0.15) is 19.8 Å². The van der Waals surface area contributed by atoms with Gasteiger partial charge in [-0.15, -0.1) is 0 Å². The number of nitrogens with zero attached hydrogens (tertiary/aromatic N) is 1. The topological polar surface area (TPSA) is 111 Å². The number of quaternary nitrogens is 1. The number of phosphoric acid groups is 1. The molecule has 0 rings (SSSR count). The Balaban J connectivity index is 4.03. The molecule has 0 aliphatic heterocycles. The normalized spacial score (nSPS) is 14.1. The second kappa shape index (κ2) is 65.3. The van der Waals surface area contributed by atoms with Crippen LogP contribution < -0.4 is 4.89 Å². The molecule has 0 saturated carbocycles. The average molecular weight is 1210 g/mol.